The predicted molar refractivity (Wildman–Crippen MR) is 82.6 cm³/mol. The fourth-order valence-corrected chi connectivity index (χ4v) is 3.10. The van der Waals surface area contributed by atoms with E-state index in [1.807, 2.05) is 30.5 Å². The zero-order chi connectivity index (χ0) is 13.9. The number of hydrogen-bond acceptors (Lipinski definition) is 3. The van der Waals surface area contributed by atoms with Gasteiger partial charge in [0.2, 0.25) is 0 Å². The molecule has 2 aromatic rings. The standard InChI is InChI=1S/C17H21N3/c1-13-10-14(2)12-20(11-13)16-8-9-18-17(19-16)15-6-4-3-5-7-15/h3-9,13-14H,10-12H2,1-2H3/t13-,14+. The first-order chi connectivity index (χ1) is 9.72. The summed E-state index contributed by atoms with van der Waals surface area (Å²) in [5, 5.41) is 0. The number of rotatable bonds is 2. The minimum absolute atomic E-state index is 0.730. The quantitative estimate of drug-likeness (QED) is 0.832. The van der Waals surface area contributed by atoms with Crippen LogP contribution in [0.1, 0.15) is 20.3 Å². The molecule has 2 atom stereocenters. The third kappa shape index (κ3) is 2.82. The van der Waals surface area contributed by atoms with Crippen LogP contribution in [0.4, 0.5) is 5.82 Å². The van der Waals surface area contributed by atoms with Crippen molar-refractivity contribution in [1.29, 1.82) is 0 Å². The van der Waals surface area contributed by atoms with Crippen LogP contribution in [0.2, 0.25) is 0 Å². The van der Waals surface area contributed by atoms with Crippen LogP contribution in [0, 0.1) is 11.8 Å². The number of benzene rings is 1. The molecule has 3 nitrogen and oxygen atoms in total. The van der Waals surface area contributed by atoms with Crippen LogP contribution in [0.15, 0.2) is 42.6 Å². The Morgan fingerprint density at radius 1 is 1.00 bits per heavy atom. The Morgan fingerprint density at radius 2 is 1.70 bits per heavy atom. The molecule has 1 aromatic heterocycles. The number of piperidine rings is 1. The highest BCUT2D eigenvalue weighted by molar-refractivity contribution is 5.57. The van der Waals surface area contributed by atoms with Gasteiger partial charge in [0.25, 0.3) is 0 Å². The molecule has 0 spiro atoms. The molecule has 1 fully saturated rings. The highest BCUT2D eigenvalue weighted by Gasteiger charge is 2.22. The summed E-state index contributed by atoms with van der Waals surface area (Å²) in [5.41, 5.74) is 1.08. The highest BCUT2D eigenvalue weighted by atomic mass is 15.2. The molecule has 0 saturated carbocycles. The molecule has 1 saturated heterocycles. The molecule has 1 aromatic carbocycles. The Hall–Kier alpha value is -1.90. The van der Waals surface area contributed by atoms with E-state index in [9.17, 15) is 0 Å². The normalized spacial score (nSPS) is 22.8. The van der Waals surface area contributed by atoms with E-state index in [0.29, 0.717) is 0 Å². The second-order valence-electron chi connectivity index (χ2n) is 5.96. The van der Waals surface area contributed by atoms with E-state index < -0.39 is 0 Å². The molecule has 0 aliphatic carbocycles. The third-order valence-corrected chi connectivity index (χ3v) is 3.87. The van der Waals surface area contributed by atoms with Crippen LogP contribution in [0.25, 0.3) is 11.4 Å². The van der Waals surface area contributed by atoms with Crippen molar-refractivity contribution >= 4 is 5.82 Å². The van der Waals surface area contributed by atoms with Crippen LogP contribution in [-0.4, -0.2) is 23.1 Å². The predicted octanol–water partition coefficient (Wildman–Crippen LogP) is 3.63. The van der Waals surface area contributed by atoms with E-state index >= 15 is 0 Å². The summed E-state index contributed by atoms with van der Waals surface area (Å²) in [7, 11) is 0. The molecule has 1 aliphatic rings. The van der Waals surface area contributed by atoms with Crippen LogP contribution in [0.3, 0.4) is 0 Å². The lowest BCUT2D eigenvalue weighted by atomic mass is 9.92. The zero-order valence-electron chi connectivity index (χ0n) is 12.2. The first-order valence-electron chi connectivity index (χ1n) is 7.36. The summed E-state index contributed by atoms with van der Waals surface area (Å²) in [6, 6.07) is 12.2. The highest BCUT2D eigenvalue weighted by Crippen LogP contribution is 2.26. The Bertz CT molecular complexity index is 557. The summed E-state index contributed by atoms with van der Waals surface area (Å²) in [6.45, 7) is 6.83. The van der Waals surface area contributed by atoms with Gasteiger partial charge < -0.3 is 4.90 Å². The lowest BCUT2D eigenvalue weighted by Gasteiger charge is -2.35. The van der Waals surface area contributed by atoms with E-state index in [1.165, 1.54) is 6.42 Å². The molecule has 2 heterocycles. The van der Waals surface area contributed by atoms with Gasteiger partial charge in [-0.25, -0.2) is 9.97 Å². The molecule has 0 amide bonds. The lowest BCUT2D eigenvalue weighted by Crippen LogP contribution is -2.39. The van der Waals surface area contributed by atoms with Gasteiger partial charge in [0.15, 0.2) is 5.82 Å². The van der Waals surface area contributed by atoms with Gasteiger partial charge in [-0.1, -0.05) is 44.2 Å². The Morgan fingerprint density at radius 3 is 2.40 bits per heavy atom. The number of anilines is 1. The smallest absolute Gasteiger partial charge is 0.161 e. The summed E-state index contributed by atoms with van der Waals surface area (Å²) in [4.78, 5) is 11.6. The van der Waals surface area contributed by atoms with E-state index in [4.69, 9.17) is 4.98 Å². The van der Waals surface area contributed by atoms with Crippen molar-refractivity contribution in [3.63, 3.8) is 0 Å². The number of aromatic nitrogens is 2. The van der Waals surface area contributed by atoms with Gasteiger partial charge >= 0.3 is 0 Å². The minimum Gasteiger partial charge on any atom is -0.356 e. The van der Waals surface area contributed by atoms with Crippen molar-refractivity contribution < 1.29 is 0 Å². The minimum atomic E-state index is 0.730. The molecule has 20 heavy (non-hydrogen) atoms. The monoisotopic (exact) mass is 267 g/mol. The maximum atomic E-state index is 4.75. The fourth-order valence-electron chi connectivity index (χ4n) is 3.10. The lowest BCUT2D eigenvalue weighted by molar-refractivity contribution is 0.355. The van der Waals surface area contributed by atoms with Crippen molar-refractivity contribution in [2.24, 2.45) is 11.8 Å². The summed E-state index contributed by atoms with van der Waals surface area (Å²) < 4.78 is 0. The van der Waals surface area contributed by atoms with Crippen molar-refractivity contribution in [2.45, 2.75) is 20.3 Å². The van der Waals surface area contributed by atoms with Crippen LogP contribution >= 0.6 is 0 Å². The van der Waals surface area contributed by atoms with Crippen molar-refractivity contribution in [3.8, 4) is 11.4 Å². The van der Waals surface area contributed by atoms with Gasteiger partial charge in [-0.05, 0) is 24.3 Å². The van der Waals surface area contributed by atoms with Gasteiger partial charge in [0, 0.05) is 24.8 Å². The third-order valence-electron chi connectivity index (χ3n) is 3.87. The van der Waals surface area contributed by atoms with Crippen molar-refractivity contribution in [3.05, 3.63) is 42.6 Å². The van der Waals surface area contributed by atoms with E-state index in [-0.39, 0.29) is 0 Å². The Labute approximate surface area is 120 Å². The summed E-state index contributed by atoms with van der Waals surface area (Å²) in [6.07, 6.45) is 3.18. The van der Waals surface area contributed by atoms with Crippen molar-refractivity contribution in [1.82, 2.24) is 9.97 Å². The number of nitrogens with zero attached hydrogens (tertiary/aromatic N) is 3. The molecule has 3 rings (SSSR count). The second kappa shape index (κ2) is 5.61. The van der Waals surface area contributed by atoms with Crippen LogP contribution in [0.5, 0.6) is 0 Å². The SMILES string of the molecule is C[C@@H]1C[C@H](C)CN(c2ccnc(-c3ccccc3)n2)C1. The second-order valence-corrected chi connectivity index (χ2v) is 5.96. The van der Waals surface area contributed by atoms with E-state index in [1.54, 1.807) is 0 Å². The van der Waals surface area contributed by atoms with E-state index in [2.05, 4.69) is 35.9 Å². The maximum Gasteiger partial charge on any atom is 0.161 e. The van der Waals surface area contributed by atoms with Gasteiger partial charge in [-0.15, -0.1) is 0 Å². The first kappa shape index (κ1) is 13.1. The number of hydrogen-bond donors (Lipinski definition) is 0. The zero-order valence-corrected chi connectivity index (χ0v) is 12.2. The first-order valence-corrected chi connectivity index (χ1v) is 7.36. The van der Waals surface area contributed by atoms with Crippen LogP contribution < -0.4 is 4.90 Å². The molecule has 104 valence electrons. The van der Waals surface area contributed by atoms with Gasteiger partial charge in [-0.3, -0.25) is 0 Å². The molecular formula is C17H21N3. The van der Waals surface area contributed by atoms with Crippen molar-refractivity contribution in [2.75, 3.05) is 18.0 Å². The molecule has 0 unspecified atom stereocenters. The average Bonchev–Trinajstić information content (AvgIpc) is 2.47. The molecule has 1 aliphatic heterocycles. The molecule has 3 heteroatoms. The van der Waals surface area contributed by atoms with Gasteiger partial charge in [0.1, 0.15) is 5.82 Å². The largest absolute Gasteiger partial charge is 0.356 e. The molecule has 0 N–H and O–H groups in total. The summed E-state index contributed by atoms with van der Waals surface area (Å²) >= 11 is 0. The average molecular weight is 267 g/mol. The Balaban J connectivity index is 1.88. The van der Waals surface area contributed by atoms with Crippen LogP contribution in [-0.2, 0) is 0 Å². The maximum absolute atomic E-state index is 4.75. The topological polar surface area (TPSA) is 29.0 Å². The summed E-state index contributed by atoms with van der Waals surface area (Å²) in [5.74, 6) is 3.33. The van der Waals surface area contributed by atoms with Gasteiger partial charge in [0.05, 0.1) is 0 Å². The molecule has 0 radical (unpaired) electrons. The van der Waals surface area contributed by atoms with E-state index in [0.717, 1.165) is 42.1 Å². The molecular weight excluding hydrogens is 246 g/mol. The Kier molecular flexibility index (Phi) is 3.68. The molecule has 0 bridgehead atoms. The van der Waals surface area contributed by atoms with Gasteiger partial charge in [-0.2, -0.15) is 0 Å². The fraction of sp³-hybridized carbons (Fsp3) is 0.412.